The fourth-order valence-electron chi connectivity index (χ4n) is 3.15. The Morgan fingerprint density at radius 3 is 2.96 bits per heavy atom. The zero-order valence-corrected chi connectivity index (χ0v) is 14.2. The third kappa shape index (κ3) is 3.66. The highest BCUT2D eigenvalue weighted by molar-refractivity contribution is 5.98. The maximum atomic E-state index is 15.1. The number of aromatic nitrogens is 1. The molecule has 1 fully saturated rings. The zero-order chi connectivity index (χ0) is 17.9. The number of fused-ring (bicyclic) bond motifs is 1. The summed E-state index contributed by atoms with van der Waals surface area (Å²) in [7, 11) is 1.51. The van der Waals surface area contributed by atoms with E-state index in [4.69, 9.17) is 4.74 Å². The van der Waals surface area contributed by atoms with Crippen LogP contribution < -0.4 is 5.32 Å². The summed E-state index contributed by atoms with van der Waals surface area (Å²) in [4.78, 5) is 29.3. The second-order valence-corrected chi connectivity index (χ2v) is 6.31. The van der Waals surface area contributed by atoms with Crippen LogP contribution in [0.4, 0.5) is 4.39 Å². The van der Waals surface area contributed by atoms with Crippen molar-refractivity contribution in [3.8, 4) is 0 Å². The van der Waals surface area contributed by atoms with Gasteiger partial charge in [0.2, 0.25) is 5.67 Å². The molecular weight excluding hydrogens is 325 g/mol. The molecule has 7 heteroatoms. The van der Waals surface area contributed by atoms with Gasteiger partial charge in [0.1, 0.15) is 5.69 Å². The number of halogens is 1. The highest BCUT2D eigenvalue weighted by atomic mass is 19.1. The summed E-state index contributed by atoms with van der Waals surface area (Å²) in [6.45, 7) is 0.766. The number of piperidine rings is 1. The third-order valence-electron chi connectivity index (χ3n) is 4.49. The molecule has 134 valence electrons. The van der Waals surface area contributed by atoms with Crippen molar-refractivity contribution in [3.63, 3.8) is 0 Å². The van der Waals surface area contributed by atoms with E-state index in [-0.39, 0.29) is 25.4 Å². The van der Waals surface area contributed by atoms with Gasteiger partial charge in [-0.1, -0.05) is 18.2 Å². The minimum absolute atomic E-state index is 0.113. The van der Waals surface area contributed by atoms with Crippen LogP contribution >= 0.6 is 0 Å². The van der Waals surface area contributed by atoms with E-state index in [0.717, 1.165) is 10.9 Å². The maximum absolute atomic E-state index is 15.1. The van der Waals surface area contributed by atoms with E-state index in [1.54, 1.807) is 6.07 Å². The first-order chi connectivity index (χ1) is 12.0. The number of ether oxygens (including phenoxy) is 1. The number of hydrogen-bond acceptors (Lipinski definition) is 3. The van der Waals surface area contributed by atoms with Gasteiger partial charge in [-0.05, 0) is 25.0 Å². The first-order valence-electron chi connectivity index (χ1n) is 8.37. The standard InChI is InChI=1S/C18H22FN3O3/c1-25-10-8-20-17(24)18(19)7-4-9-22(12-18)16(23)15-11-13-5-2-3-6-14(13)21-15/h2-3,5-6,11,21H,4,7-10,12H2,1H3,(H,20,24). The molecule has 1 aromatic carbocycles. The second-order valence-electron chi connectivity index (χ2n) is 6.31. The number of benzene rings is 1. The monoisotopic (exact) mass is 347 g/mol. The molecule has 1 atom stereocenters. The number of aromatic amines is 1. The van der Waals surface area contributed by atoms with Crippen molar-refractivity contribution in [1.82, 2.24) is 15.2 Å². The first kappa shape index (κ1) is 17.4. The van der Waals surface area contributed by atoms with Crippen molar-refractivity contribution in [2.75, 3.05) is 33.4 Å². The highest BCUT2D eigenvalue weighted by Crippen LogP contribution is 2.27. The van der Waals surface area contributed by atoms with Gasteiger partial charge in [0, 0.05) is 31.1 Å². The number of H-pyrrole nitrogens is 1. The molecule has 0 bridgehead atoms. The first-order valence-corrected chi connectivity index (χ1v) is 8.37. The fraction of sp³-hybridized carbons (Fsp3) is 0.444. The Morgan fingerprint density at radius 1 is 1.40 bits per heavy atom. The molecule has 1 unspecified atom stereocenters. The van der Waals surface area contributed by atoms with Crippen molar-refractivity contribution in [2.24, 2.45) is 0 Å². The Bertz CT molecular complexity index is 743. The predicted octanol–water partition coefficient (Wildman–Crippen LogP) is 1.87. The van der Waals surface area contributed by atoms with Crippen molar-refractivity contribution < 1.29 is 18.7 Å². The Morgan fingerprint density at radius 2 is 2.20 bits per heavy atom. The van der Waals surface area contributed by atoms with E-state index < -0.39 is 11.6 Å². The number of alkyl halides is 1. The molecule has 1 aromatic heterocycles. The minimum atomic E-state index is -2.06. The van der Waals surface area contributed by atoms with E-state index in [1.807, 2.05) is 24.3 Å². The van der Waals surface area contributed by atoms with Crippen molar-refractivity contribution in [2.45, 2.75) is 18.5 Å². The second kappa shape index (κ2) is 7.23. The van der Waals surface area contributed by atoms with E-state index in [2.05, 4.69) is 10.3 Å². The summed E-state index contributed by atoms with van der Waals surface area (Å²) in [6.07, 6.45) is 0.558. The lowest BCUT2D eigenvalue weighted by atomic mass is 9.93. The number of carbonyl (C=O) groups is 2. The van der Waals surface area contributed by atoms with Crippen LogP contribution in [0.25, 0.3) is 10.9 Å². The summed E-state index contributed by atoms with van der Waals surface area (Å²) in [5.41, 5.74) is -0.801. The lowest BCUT2D eigenvalue weighted by Crippen LogP contribution is -2.56. The molecule has 2 N–H and O–H groups in total. The molecule has 2 heterocycles. The van der Waals surface area contributed by atoms with Crippen LogP contribution in [0, 0.1) is 0 Å². The Labute approximate surface area is 145 Å². The molecule has 1 saturated heterocycles. The number of carbonyl (C=O) groups excluding carboxylic acids is 2. The molecule has 0 aliphatic carbocycles. The Balaban J connectivity index is 1.71. The molecule has 2 aromatic rings. The topological polar surface area (TPSA) is 74.4 Å². The van der Waals surface area contributed by atoms with Gasteiger partial charge in [0.05, 0.1) is 13.2 Å². The fourth-order valence-corrected chi connectivity index (χ4v) is 3.15. The van der Waals surface area contributed by atoms with Crippen molar-refractivity contribution in [3.05, 3.63) is 36.0 Å². The number of nitrogens with one attached hydrogen (secondary N) is 2. The van der Waals surface area contributed by atoms with Crippen molar-refractivity contribution >= 4 is 22.7 Å². The largest absolute Gasteiger partial charge is 0.383 e. The van der Waals surface area contributed by atoms with Gasteiger partial charge >= 0.3 is 0 Å². The number of likely N-dealkylation sites (tertiary alicyclic amines) is 1. The number of nitrogens with zero attached hydrogens (tertiary/aromatic N) is 1. The molecule has 25 heavy (non-hydrogen) atoms. The van der Waals surface area contributed by atoms with Gasteiger partial charge in [0.15, 0.2) is 0 Å². The molecule has 0 saturated carbocycles. The summed E-state index contributed by atoms with van der Waals surface area (Å²) < 4.78 is 19.9. The molecule has 3 rings (SSSR count). The molecule has 0 spiro atoms. The summed E-state index contributed by atoms with van der Waals surface area (Å²) in [5.74, 6) is -0.971. The molecule has 1 aliphatic rings. The quantitative estimate of drug-likeness (QED) is 0.811. The van der Waals surface area contributed by atoms with Gasteiger partial charge in [0.25, 0.3) is 11.8 Å². The van der Waals surface area contributed by atoms with Crippen LogP contribution in [0.15, 0.2) is 30.3 Å². The Hall–Kier alpha value is -2.41. The van der Waals surface area contributed by atoms with E-state index in [1.165, 1.54) is 12.0 Å². The molecular formula is C18H22FN3O3. The Kier molecular flexibility index (Phi) is 5.03. The van der Waals surface area contributed by atoms with Crippen LogP contribution in [0.3, 0.4) is 0 Å². The van der Waals surface area contributed by atoms with E-state index in [9.17, 15) is 9.59 Å². The van der Waals surface area contributed by atoms with Gasteiger partial charge in [-0.15, -0.1) is 0 Å². The van der Waals surface area contributed by atoms with Gasteiger partial charge in [-0.3, -0.25) is 9.59 Å². The van der Waals surface area contributed by atoms with Gasteiger partial charge in [-0.2, -0.15) is 0 Å². The van der Waals surface area contributed by atoms with E-state index >= 15 is 4.39 Å². The van der Waals surface area contributed by atoms with Crippen LogP contribution in [0.5, 0.6) is 0 Å². The zero-order valence-electron chi connectivity index (χ0n) is 14.2. The van der Waals surface area contributed by atoms with Gasteiger partial charge < -0.3 is 19.9 Å². The number of para-hydroxylation sites is 1. The number of amides is 2. The normalized spacial score (nSPS) is 20.6. The highest BCUT2D eigenvalue weighted by Gasteiger charge is 2.44. The summed E-state index contributed by atoms with van der Waals surface area (Å²) in [5, 5.41) is 3.45. The third-order valence-corrected chi connectivity index (χ3v) is 4.49. The summed E-state index contributed by atoms with van der Waals surface area (Å²) in [6, 6.07) is 9.31. The van der Waals surface area contributed by atoms with Crippen LogP contribution in [-0.4, -0.2) is 60.7 Å². The van der Waals surface area contributed by atoms with Crippen molar-refractivity contribution in [1.29, 1.82) is 0 Å². The smallest absolute Gasteiger partial charge is 0.270 e. The van der Waals surface area contributed by atoms with Crippen LogP contribution in [-0.2, 0) is 9.53 Å². The molecule has 2 amide bonds. The van der Waals surface area contributed by atoms with Crippen LogP contribution in [0.1, 0.15) is 23.3 Å². The molecule has 0 radical (unpaired) electrons. The summed E-state index contributed by atoms with van der Waals surface area (Å²) >= 11 is 0. The SMILES string of the molecule is COCCNC(=O)C1(F)CCCN(C(=O)c2cc3ccccc3[nH]2)C1. The lowest BCUT2D eigenvalue weighted by Gasteiger charge is -2.36. The number of methoxy groups -OCH3 is 1. The van der Waals surface area contributed by atoms with E-state index in [0.29, 0.717) is 25.3 Å². The molecule has 1 aliphatic heterocycles. The lowest BCUT2D eigenvalue weighted by molar-refractivity contribution is -0.136. The predicted molar refractivity (Wildman–Crippen MR) is 92.2 cm³/mol. The number of rotatable bonds is 5. The molecule has 6 nitrogen and oxygen atoms in total. The minimum Gasteiger partial charge on any atom is -0.383 e. The number of hydrogen-bond donors (Lipinski definition) is 2. The average molecular weight is 347 g/mol. The average Bonchev–Trinajstić information content (AvgIpc) is 3.05. The van der Waals surface area contributed by atoms with Crippen LogP contribution in [0.2, 0.25) is 0 Å². The van der Waals surface area contributed by atoms with Gasteiger partial charge in [-0.25, -0.2) is 4.39 Å². The maximum Gasteiger partial charge on any atom is 0.270 e.